The topological polar surface area (TPSA) is 47.9 Å². The molecule has 0 atom stereocenters. The van der Waals surface area contributed by atoms with E-state index in [-0.39, 0.29) is 6.10 Å². The third-order valence-electron chi connectivity index (χ3n) is 4.34. The molecule has 0 spiro atoms. The van der Waals surface area contributed by atoms with Crippen LogP contribution in [0.5, 0.6) is 0 Å². The lowest BCUT2D eigenvalue weighted by Gasteiger charge is -2.31. The summed E-state index contributed by atoms with van der Waals surface area (Å²) >= 11 is 0. The monoisotopic (exact) mass is 363 g/mol. The molecule has 0 saturated carbocycles. The number of rotatable bonds is 4. The second-order valence-electron chi connectivity index (χ2n) is 6.25. The van der Waals surface area contributed by atoms with Crippen LogP contribution in [0.3, 0.4) is 0 Å². The second kappa shape index (κ2) is 7.78. The summed E-state index contributed by atoms with van der Waals surface area (Å²) in [5.74, 6) is 0. The van der Waals surface area contributed by atoms with Gasteiger partial charge in [0.05, 0.1) is 23.6 Å². The van der Waals surface area contributed by atoms with Crippen LogP contribution in [-0.2, 0) is 6.18 Å². The van der Waals surface area contributed by atoms with E-state index in [1.807, 2.05) is 24.3 Å². The lowest BCUT2D eigenvalue weighted by atomic mass is 10.1. The number of piperidine rings is 1. The van der Waals surface area contributed by atoms with Crippen molar-refractivity contribution in [1.29, 1.82) is 0 Å². The van der Waals surface area contributed by atoms with Crippen LogP contribution >= 0.6 is 0 Å². The van der Waals surface area contributed by atoms with Gasteiger partial charge in [-0.1, -0.05) is 12.1 Å². The number of aliphatic hydroxyl groups excluding tert-OH is 1. The summed E-state index contributed by atoms with van der Waals surface area (Å²) in [5.41, 5.74) is 4.50. The van der Waals surface area contributed by atoms with Gasteiger partial charge in [0.2, 0.25) is 0 Å². The molecule has 2 aromatic rings. The summed E-state index contributed by atoms with van der Waals surface area (Å²) in [6.45, 7) is 1.67. The smallest absolute Gasteiger partial charge is 0.393 e. The van der Waals surface area contributed by atoms with E-state index in [1.165, 1.54) is 12.1 Å². The summed E-state index contributed by atoms with van der Waals surface area (Å²) < 4.78 is 37.5. The first-order valence-electron chi connectivity index (χ1n) is 8.41. The number of nitrogens with one attached hydrogen (secondary N) is 1. The van der Waals surface area contributed by atoms with Crippen LogP contribution in [0.1, 0.15) is 24.0 Å². The van der Waals surface area contributed by atoms with E-state index in [4.69, 9.17) is 0 Å². The van der Waals surface area contributed by atoms with Gasteiger partial charge >= 0.3 is 6.18 Å². The SMILES string of the molecule is OC1CCN(c2ccc(C=NNc3ccc(C(F)(F)F)cc3)cc2)CC1. The average molecular weight is 363 g/mol. The minimum Gasteiger partial charge on any atom is -0.393 e. The Morgan fingerprint density at radius 1 is 1.00 bits per heavy atom. The number of hydrogen-bond donors (Lipinski definition) is 2. The highest BCUT2D eigenvalue weighted by Gasteiger charge is 2.29. The van der Waals surface area contributed by atoms with Crippen molar-refractivity contribution in [2.45, 2.75) is 25.1 Å². The van der Waals surface area contributed by atoms with Crippen LogP contribution in [-0.4, -0.2) is 30.5 Å². The molecule has 4 nitrogen and oxygen atoms in total. The third-order valence-corrected chi connectivity index (χ3v) is 4.34. The molecule has 1 heterocycles. The normalized spacial score (nSPS) is 16.2. The highest BCUT2D eigenvalue weighted by atomic mass is 19.4. The van der Waals surface area contributed by atoms with Crippen LogP contribution in [0, 0.1) is 0 Å². The van der Waals surface area contributed by atoms with E-state index in [1.54, 1.807) is 6.21 Å². The van der Waals surface area contributed by atoms with E-state index in [0.29, 0.717) is 5.69 Å². The fourth-order valence-corrected chi connectivity index (χ4v) is 2.81. The second-order valence-corrected chi connectivity index (χ2v) is 6.25. The molecule has 0 aromatic heterocycles. The molecule has 0 radical (unpaired) electrons. The van der Waals surface area contributed by atoms with Crippen LogP contribution in [0.4, 0.5) is 24.5 Å². The lowest BCUT2D eigenvalue weighted by molar-refractivity contribution is -0.137. The Morgan fingerprint density at radius 3 is 2.19 bits per heavy atom. The zero-order valence-electron chi connectivity index (χ0n) is 14.1. The number of nitrogens with zero attached hydrogens (tertiary/aromatic N) is 2. The Hall–Kier alpha value is -2.54. The van der Waals surface area contributed by atoms with E-state index in [9.17, 15) is 18.3 Å². The van der Waals surface area contributed by atoms with Gasteiger partial charge in [0.1, 0.15) is 0 Å². The molecule has 3 rings (SSSR count). The molecule has 1 fully saturated rings. The molecule has 26 heavy (non-hydrogen) atoms. The van der Waals surface area contributed by atoms with E-state index < -0.39 is 11.7 Å². The summed E-state index contributed by atoms with van der Waals surface area (Å²) in [7, 11) is 0. The zero-order chi connectivity index (χ0) is 18.6. The van der Waals surface area contributed by atoms with Crippen molar-refractivity contribution in [2.24, 2.45) is 5.10 Å². The molecule has 0 aliphatic carbocycles. The quantitative estimate of drug-likeness (QED) is 0.635. The van der Waals surface area contributed by atoms with E-state index in [2.05, 4.69) is 15.4 Å². The van der Waals surface area contributed by atoms with Gasteiger partial charge in [0.15, 0.2) is 0 Å². The molecular formula is C19H20F3N3O. The molecule has 1 aliphatic rings. The van der Waals surface area contributed by atoms with Crippen molar-refractivity contribution in [1.82, 2.24) is 0 Å². The lowest BCUT2D eigenvalue weighted by Crippen LogP contribution is -2.35. The maximum Gasteiger partial charge on any atom is 0.416 e. The van der Waals surface area contributed by atoms with Crippen molar-refractivity contribution in [3.8, 4) is 0 Å². The fraction of sp³-hybridized carbons (Fsp3) is 0.316. The molecule has 0 unspecified atom stereocenters. The van der Waals surface area contributed by atoms with Crippen molar-refractivity contribution in [3.63, 3.8) is 0 Å². The Labute approximate surface area is 150 Å². The number of hydrazone groups is 1. The summed E-state index contributed by atoms with van der Waals surface area (Å²) in [5, 5.41) is 13.6. The Balaban J connectivity index is 1.55. The van der Waals surface area contributed by atoms with E-state index >= 15 is 0 Å². The summed E-state index contributed by atoms with van der Waals surface area (Å²) in [4.78, 5) is 2.23. The molecule has 138 valence electrons. The molecule has 2 aromatic carbocycles. The highest BCUT2D eigenvalue weighted by Crippen LogP contribution is 2.29. The van der Waals surface area contributed by atoms with Gasteiger partial charge in [0, 0.05) is 18.8 Å². The summed E-state index contributed by atoms with van der Waals surface area (Å²) in [6, 6.07) is 12.6. The average Bonchev–Trinajstić information content (AvgIpc) is 2.63. The van der Waals surface area contributed by atoms with Gasteiger partial charge in [-0.2, -0.15) is 18.3 Å². The number of hydrogen-bond acceptors (Lipinski definition) is 4. The predicted molar refractivity (Wildman–Crippen MR) is 96.6 cm³/mol. The highest BCUT2D eigenvalue weighted by molar-refractivity contribution is 5.81. The third kappa shape index (κ3) is 4.76. The molecule has 0 bridgehead atoms. The van der Waals surface area contributed by atoms with Crippen molar-refractivity contribution in [3.05, 3.63) is 59.7 Å². The minimum atomic E-state index is -4.34. The number of aliphatic hydroxyl groups is 1. The van der Waals surface area contributed by atoms with Gasteiger partial charge < -0.3 is 10.0 Å². The molecule has 0 amide bonds. The van der Waals surface area contributed by atoms with E-state index in [0.717, 1.165) is 49.3 Å². The molecule has 1 saturated heterocycles. The van der Waals surface area contributed by atoms with Crippen LogP contribution in [0.25, 0.3) is 0 Å². The molecule has 2 N–H and O–H groups in total. The first kappa shape index (κ1) is 18.3. The van der Waals surface area contributed by atoms with Gasteiger partial charge in [-0.3, -0.25) is 5.43 Å². The minimum absolute atomic E-state index is 0.200. The number of anilines is 2. The van der Waals surface area contributed by atoms with Crippen LogP contribution < -0.4 is 10.3 Å². The number of halogens is 3. The van der Waals surface area contributed by atoms with Crippen molar-refractivity contribution < 1.29 is 18.3 Å². The first-order chi connectivity index (χ1) is 12.4. The van der Waals surface area contributed by atoms with Crippen LogP contribution in [0.2, 0.25) is 0 Å². The van der Waals surface area contributed by atoms with Gasteiger partial charge in [-0.05, 0) is 54.8 Å². The fourth-order valence-electron chi connectivity index (χ4n) is 2.81. The molecule has 7 heteroatoms. The summed E-state index contributed by atoms with van der Waals surface area (Å²) in [6.07, 6.45) is -1.37. The maximum atomic E-state index is 12.5. The Bertz CT molecular complexity index is 734. The number of alkyl halides is 3. The van der Waals surface area contributed by atoms with Crippen molar-refractivity contribution in [2.75, 3.05) is 23.4 Å². The standard InChI is InChI=1S/C19H20F3N3O/c20-19(21,22)15-3-5-16(6-4-15)24-23-13-14-1-7-17(8-2-14)25-11-9-18(26)10-12-25/h1-8,13,18,24,26H,9-12H2. The van der Waals surface area contributed by atoms with Crippen LogP contribution in [0.15, 0.2) is 53.6 Å². The first-order valence-corrected chi connectivity index (χ1v) is 8.41. The maximum absolute atomic E-state index is 12.5. The van der Waals surface area contributed by atoms with Crippen molar-refractivity contribution >= 4 is 17.6 Å². The predicted octanol–water partition coefficient (Wildman–Crippen LogP) is 4.11. The Kier molecular flexibility index (Phi) is 5.46. The Morgan fingerprint density at radius 2 is 1.62 bits per heavy atom. The number of benzene rings is 2. The van der Waals surface area contributed by atoms with Gasteiger partial charge in [-0.15, -0.1) is 0 Å². The van der Waals surface area contributed by atoms with Gasteiger partial charge in [0.25, 0.3) is 0 Å². The molecular weight excluding hydrogens is 343 g/mol. The zero-order valence-corrected chi connectivity index (χ0v) is 14.1. The molecule has 1 aliphatic heterocycles. The van der Waals surface area contributed by atoms with Gasteiger partial charge in [-0.25, -0.2) is 0 Å². The largest absolute Gasteiger partial charge is 0.416 e.